The van der Waals surface area contributed by atoms with E-state index in [0.29, 0.717) is 4.91 Å². The van der Waals surface area contributed by atoms with Crippen LogP contribution in [0.4, 0.5) is 4.79 Å². The van der Waals surface area contributed by atoms with Crippen LogP contribution in [0.2, 0.25) is 0 Å². The number of hydrogen-bond acceptors (Lipinski definition) is 4. The van der Waals surface area contributed by atoms with Gasteiger partial charge in [0, 0.05) is 22.7 Å². The third-order valence-corrected chi connectivity index (χ3v) is 5.55. The number of thioether (sulfide) groups is 1. The summed E-state index contributed by atoms with van der Waals surface area (Å²) >= 11 is 0.879. The summed E-state index contributed by atoms with van der Waals surface area (Å²) in [5.41, 5.74) is 2.71. The molecule has 0 saturated carbocycles. The van der Waals surface area contributed by atoms with Gasteiger partial charge >= 0.3 is 0 Å². The number of fused-ring (bicyclic) bond motifs is 1. The predicted molar refractivity (Wildman–Crippen MR) is 114 cm³/mol. The molecule has 1 aliphatic heterocycles. The van der Waals surface area contributed by atoms with Gasteiger partial charge in [-0.25, -0.2) is 0 Å². The van der Waals surface area contributed by atoms with Crippen molar-refractivity contribution in [1.29, 1.82) is 0 Å². The van der Waals surface area contributed by atoms with Gasteiger partial charge in [-0.05, 0) is 36.4 Å². The minimum atomic E-state index is -0.397. The molecule has 1 fully saturated rings. The van der Waals surface area contributed by atoms with E-state index < -0.39 is 5.91 Å². The van der Waals surface area contributed by atoms with E-state index in [2.05, 4.69) is 10.6 Å². The Morgan fingerprint density at radius 1 is 1.14 bits per heavy atom. The first kappa shape index (κ1) is 19.0. The SMILES string of the molecule is CC(NC(=O)Cn1cc(/C=C2\SC(=O)NC2=O)c2ccccc21)c1ccccc1. The predicted octanol–water partition coefficient (Wildman–Crippen LogP) is 3.84. The average molecular weight is 405 g/mol. The molecule has 1 aliphatic rings. The van der Waals surface area contributed by atoms with Crippen molar-refractivity contribution in [3.8, 4) is 0 Å². The molecule has 0 spiro atoms. The molecule has 1 atom stereocenters. The molecular weight excluding hydrogens is 386 g/mol. The zero-order valence-electron chi connectivity index (χ0n) is 15.7. The first-order valence-electron chi connectivity index (χ1n) is 9.18. The molecule has 2 heterocycles. The fourth-order valence-corrected chi connectivity index (χ4v) is 4.02. The van der Waals surface area contributed by atoms with Crippen LogP contribution in [-0.4, -0.2) is 21.6 Å². The van der Waals surface area contributed by atoms with Gasteiger partial charge in [-0.3, -0.25) is 19.7 Å². The van der Waals surface area contributed by atoms with E-state index in [1.54, 1.807) is 6.08 Å². The lowest BCUT2D eigenvalue weighted by Crippen LogP contribution is -2.29. The Morgan fingerprint density at radius 3 is 2.59 bits per heavy atom. The Labute approximate surface area is 172 Å². The first-order chi connectivity index (χ1) is 14.0. The average Bonchev–Trinajstić information content (AvgIpc) is 3.22. The van der Waals surface area contributed by atoms with Gasteiger partial charge in [0.25, 0.3) is 11.1 Å². The number of carbonyl (C=O) groups is 3. The van der Waals surface area contributed by atoms with Gasteiger partial charge in [0.05, 0.1) is 10.9 Å². The number of aromatic nitrogens is 1. The van der Waals surface area contributed by atoms with Crippen LogP contribution in [-0.2, 0) is 16.1 Å². The highest BCUT2D eigenvalue weighted by Gasteiger charge is 2.25. The second-order valence-corrected chi connectivity index (χ2v) is 7.80. The molecule has 1 saturated heterocycles. The summed E-state index contributed by atoms with van der Waals surface area (Å²) in [6, 6.07) is 17.4. The number of benzene rings is 2. The summed E-state index contributed by atoms with van der Waals surface area (Å²) in [5.74, 6) is -0.504. The van der Waals surface area contributed by atoms with Gasteiger partial charge in [-0.1, -0.05) is 48.5 Å². The Hall–Kier alpha value is -3.32. The summed E-state index contributed by atoms with van der Waals surface area (Å²) in [5, 5.41) is 5.81. The third kappa shape index (κ3) is 4.09. The van der Waals surface area contributed by atoms with E-state index in [1.165, 1.54) is 0 Å². The highest BCUT2D eigenvalue weighted by Crippen LogP contribution is 2.29. The highest BCUT2D eigenvalue weighted by atomic mass is 32.2. The molecule has 2 aromatic carbocycles. The van der Waals surface area contributed by atoms with Crippen molar-refractivity contribution >= 4 is 45.8 Å². The topological polar surface area (TPSA) is 80.2 Å². The Morgan fingerprint density at radius 2 is 1.86 bits per heavy atom. The molecule has 3 amide bonds. The maximum Gasteiger partial charge on any atom is 0.290 e. The lowest BCUT2D eigenvalue weighted by atomic mass is 10.1. The minimum absolute atomic E-state index is 0.100. The number of para-hydroxylation sites is 1. The number of amides is 3. The van der Waals surface area contributed by atoms with E-state index in [9.17, 15) is 14.4 Å². The molecule has 0 bridgehead atoms. The van der Waals surface area contributed by atoms with Crippen LogP contribution in [0.15, 0.2) is 65.7 Å². The molecule has 6 nitrogen and oxygen atoms in total. The van der Waals surface area contributed by atoms with Crippen molar-refractivity contribution in [2.75, 3.05) is 0 Å². The molecule has 1 unspecified atom stereocenters. The fraction of sp³-hybridized carbons (Fsp3) is 0.136. The Bertz CT molecular complexity index is 1130. The lowest BCUT2D eigenvalue weighted by molar-refractivity contribution is -0.122. The van der Waals surface area contributed by atoms with Crippen molar-refractivity contribution in [1.82, 2.24) is 15.2 Å². The van der Waals surface area contributed by atoms with Gasteiger partial charge in [-0.15, -0.1) is 0 Å². The van der Waals surface area contributed by atoms with Crippen molar-refractivity contribution in [3.63, 3.8) is 0 Å². The zero-order valence-corrected chi connectivity index (χ0v) is 16.5. The maximum atomic E-state index is 12.6. The number of hydrogen-bond donors (Lipinski definition) is 2. The largest absolute Gasteiger partial charge is 0.348 e. The van der Waals surface area contributed by atoms with Crippen molar-refractivity contribution in [3.05, 3.63) is 76.8 Å². The zero-order chi connectivity index (χ0) is 20.4. The van der Waals surface area contributed by atoms with E-state index in [1.807, 2.05) is 72.3 Å². The quantitative estimate of drug-likeness (QED) is 0.632. The molecule has 29 heavy (non-hydrogen) atoms. The number of nitrogens with zero attached hydrogens (tertiary/aromatic N) is 1. The maximum absolute atomic E-state index is 12.6. The van der Waals surface area contributed by atoms with Crippen LogP contribution in [0, 0.1) is 0 Å². The van der Waals surface area contributed by atoms with Gasteiger partial charge in [0.2, 0.25) is 5.91 Å². The summed E-state index contributed by atoms with van der Waals surface area (Å²) in [7, 11) is 0. The van der Waals surface area contributed by atoms with Crippen LogP contribution in [0.1, 0.15) is 24.1 Å². The van der Waals surface area contributed by atoms with Crippen molar-refractivity contribution in [2.45, 2.75) is 19.5 Å². The second-order valence-electron chi connectivity index (χ2n) is 6.78. The van der Waals surface area contributed by atoms with Crippen molar-refractivity contribution < 1.29 is 14.4 Å². The van der Waals surface area contributed by atoms with E-state index in [4.69, 9.17) is 0 Å². The molecule has 0 radical (unpaired) electrons. The van der Waals surface area contributed by atoms with Crippen LogP contribution in [0.3, 0.4) is 0 Å². The van der Waals surface area contributed by atoms with Gasteiger partial charge in [0.15, 0.2) is 0 Å². The third-order valence-electron chi connectivity index (χ3n) is 4.74. The fourth-order valence-electron chi connectivity index (χ4n) is 3.35. The van der Waals surface area contributed by atoms with E-state index in [0.717, 1.165) is 33.8 Å². The van der Waals surface area contributed by atoms with Gasteiger partial charge in [0.1, 0.15) is 6.54 Å². The summed E-state index contributed by atoms with van der Waals surface area (Å²) < 4.78 is 1.86. The molecule has 0 aliphatic carbocycles. The van der Waals surface area contributed by atoms with Crippen LogP contribution < -0.4 is 10.6 Å². The first-order valence-corrected chi connectivity index (χ1v) is 10.00. The molecule has 1 aromatic heterocycles. The van der Waals surface area contributed by atoms with Crippen LogP contribution in [0.5, 0.6) is 0 Å². The van der Waals surface area contributed by atoms with Crippen LogP contribution >= 0.6 is 11.8 Å². The summed E-state index contributed by atoms with van der Waals surface area (Å²) in [6.07, 6.45) is 3.52. The number of carbonyl (C=O) groups excluding carboxylic acids is 3. The number of nitrogens with one attached hydrogen (secondary N) is 2. The number of imide groups is 1. The van der Waals surface area contributed by atoms with Gasteiger partial charge in [-0.2, -0.15) is 0 Å². The van der Waals surface area contributed by atoms with Gasteiger partial charge < -0.3 is 9.88 Å². The molecule has 146 valence electrons. The monoisotopic (exact) mass is 405 g/mol. The van der Waals surface area contributed by atoms with Crippen LogP contribution in [0.25, 0.3) is 17.0 Å². The molecular formula is C22H19N3O3S. The minimum Gasteiger partial charge on any atom is -0.348 e. The second kappa shape index (κ2) is 7.97. The molecule has 4 rings (SSSR count). The summed E-state index contributed by atoms with van der Waals surface area (Å²) in [4.78, 5) is 36.3. The Balaban J connectivity index is 1.58. The standard InChI is InChI=1S/C22H19N3O3S/c1-14(15-7-3-2-4-8-15)23-20(26)13-25-12-16(17-9-5-6-10-18(17)25)11-19-21(27)24-22(28)29-19/h2-12,14H,13H2,1H3,(H,23,26)(H,24,27,28)/b19-11-. The van der Waals surface area contributed by atoms with E-state index >= 15 is 0 Å². The normalized spacial score (nSPS) is 16.2. The van der Waals surface area contributed by atoms with E-state index in [-0.39, 0.29) is 23.7 Å². The smallest absolute Gasteiger partial charge is 0.290 e. The molecule has 2 N–H and O–H groups in total. The summed E-state index contributed by atoms with van der Waals surface area (Å²) in [6.45, 7) is 2.10. The lowest BCUT2D eigenvalue weighted by Gasteiger charge is -2.15. The highest BCUT2D eigenvalue weighted by molar-refractivity contribution is 8.18. The Kier molecular flexibility index (Phi) is 5.22. The molecule has 7 heteroatoms. The van der Waals surface area contributed by atoms with Crippen molar-refractivity contribution in [2.24, 2.45) is 0 Å². The number of rotatable bonds is 5. The molecule has 3 aromatic rings.